The Morgan fingerprint density at radius 2 is 1.87 bits per heavy atom. The Balaban J connectivity index is 0.000000423. The van der Waals surface area contributed by atoms with E-state index in [0.717, 1.165) is 19.5 Å². The van der Waals surface area contributed by atoms with Gasteiger partial charge < -0.3 is 15.0 Å². The van der Waals surface area contributed by atoms with E-state index in [0.29, 0.717) is 12.5 Å². The molecule has 5 nitrogen and oxygen atoms in total. The molecule has 1 fully saturated rings. The topological polar surface area (TPSA) is 70.5 Å². The minimum atomic E-state index is -0.354. The average molecular weight is 214 g/mol. The van der Waals surface area contributed by atoms with E-state index in [1.54, 1.807) is 4.90 Å². The maximum Gasteiger partial charge on any atom is 0.410 e. The Labute approximate surface area is 89.9 Å². The van der Waals surface area contributed by atoms with Crippen LogP contribution in [0, 0.1) is 5.41 Å². The molecule has 1 aliphatic heterocycles. The molecular weight excluding hydrogens is 196 g/mol. The summed E-state index contributed by atoms with van der Waals surface area (Å²) in [7, 11) is 0. The third-order valence-electron chi connectivity index (χ3n) is 1.58. The van der Waals surface area contributed by atoms with Crippen LogP contribution in [0.2, 0.25) is 0 Å². The Morgan fingerprint density at radius 3 is 2.07 bits per heavy atom. The fourth-order valence-electron chi connectivity index (χ4n) is 0.825. The molecule has 1 heterocycles. The zero-order chi connectivity index (χ0) is 11.9. The quantitative estimate of drug-likeness (QED) is 0.530. The van der Waals surface area contributed by atoms with Crippen molar-refractivity contribution in [2.75, 3.05) is 13.1 Å². The van der Waals surface area contributed by atoms with Gasteiger partial charge in [-0.2, -0.15) is 0 Å². The molecule has 1 aliphatic rings. The van der Waals surface area contributed by atoms with Crippen molar-refractivity contribution in [2.45, 2.75) is 32.8 Å². The predicted octanol–water partition coefficient (Wildman–Crippen LogP) is 1.46. The van der Waals surface area contributed by atoms with Crippen molar-refractivity contribution in [1.29, 1.82) is 5.41 Å². The van der Waals surface area contributed by atoms with E-state index in [1.807, 2.05) is 20.8 Å². The zero-order valence-corrected chi connectivity index (χ0v) is 9.45. The molecule has 0 bridgehead atoms. The Bertz CT molecular complexity index is 223. The number of aldehydes is 1. The first kappa shape index (κ1) is 13.6. The van der Waals surface area contributed by atoms with Gasteiger partial charge in [0.25, 0.3) is 0 Å². The highest BCUT2D eigenvalue weighted by atomic mass is 16.6. The third kappa shape index (κ3) is 6.65. The molecule has 15 heavy (non-hydrogen) atoms. The van der Waals surface area contributed by atoms with Crippen molar-refractivity contribution in [2.24, 2.45) is 0 Å². The van der Waals surface area contributed by atoms with Gasteiger partial charge in [0.2, 0.25) is 0 Å². The van der Waals surface area contributed by atoms with Gasteiger partial charge in [0, 0.05) is 13.1 Å². The van der Waals surface area contributed by atoms with Crippen LogP contribution in [0.3, 0.4) is 0 Å². The molecule has 0 aromatic rings. The second kappa shape index (κ2) is 6.16. The van der Waals surface area contributed by atoms with E-state index in [4.69, 9.17) is 14.9 Å². The second-order valence-electron chi connectivity index (χ2n) is 4.12. The highest BCUT2D eigenvalue weighted by molar-refractivity contribution is 6.11. The van der Waals surface area contributed by atoms with Gasteiger partial charge in [-0.15, -0.1) is 0 Å². The number of nitrogens with zero attached hydrogens (tertiary/aromatic N) is 1. The van der Waals surface area contributed by atoms with Crippen LogP contribution in [-0.4, -0.2) is 42.2 Å². The smallest absolute Gasteiger partial charge is 0.410 e. The number of amides is 1. The van der Waals surface area contributed by atoms with Gasteiger partial charge in [0.1, 0.15) is 5.60 Å². The van der Waals surface area contributed by atoms with E-state index in [9.17, 15) is 4.79 Å². The fourth-order valence-corrected chi connectivity index (χ4v) is 0.825. The lowest BCUT2D eigenvalue weighted by atomic mass is 10.2. The molecule has 1 N–H and O–H groups in total. The molecule has 0 spiro atoms. The van der Waals surface area contributed by atoms with Crippen molar-refractivity contribution in [3.05, 3.63) is 0 Å². The summed E-state index contributed by atoms with van der Waals surface area (Å²) in [6.45, 7) is 7.35. The number of carbonyl (C=O) groups excluding carboxylic acids is 2. The van der Waals surface area contributed by atoms with Crippen LogP contribution in [0.25, 0.3) is 0 Å². The average Bonchev–Trinajstić information content (AvgIpc) is 1.98. The summed E-state index contributed by atoms with van der Waals surface area (Å²) in [5.41, 5.74) is -0.354. The SMILES string of the molecule is CC(C)(C)OC(=O)N1CCC1.N=CC=O. The van der Waals surface area contributed by atoms with Gasteiger partial charge in [0.15, 0.2) is 6.29 Å². The van der Waals surface area contributed by atoms with Crippen molar-refractivity contribution < 1.29 is 14.3 Å². The lowest BCUT2D eigenvalue weighted by Gasteiger charge is -2.32. The third-order valence-corrected chi connectivity index (χ3v) is 1.58. The highest BCUT2D eigenvalue weighted by Gasteiger charge is 2.25. The first-order valence-electron chi connectivity index (χ1n) is 4.83. The lowest BCUT2D eigenvalue weighted by Crippen LogP contribution is -2.44. The highest BCUT2D eigenvalue weighted by Crippen LogP contribution is 2.13. The van der Waals surface area contributed by atoms with E-state index < -0.39 is 0 Å². The van der Waals surface area contributed by atoms with Gasteiger partial charge in [0.05, 0.1) is 6.21 Å². The lowest BCUT2D eigenvalue weighted by molar-refractivity contribution is -0.102. The summed E-state index contributed by atoms with van der Waals surface area (Å²) in [5.74, 6) is 0. The Kier molecular flexibility index (Phi) is 5.59. The van der Waals surface area contributed by atoms with Gasteiger partial charge in [-0.3, -0.25) is 4.79 Å². The summed E-state index contributed by atoms with van der Waals surface area (Å²) in [6, 6.07) is 0. The first-order chi connectivity index (χ1) is 6.90. The van der Waals surface area contributed by atoms with Crippen LogP contribution in [0.5, 0.6) is 0 Å². The fraction of sp³-hybridized carbons (Fsp3) is 0.700. The van der Waals surface area contributed by atoms with E-state index in [-0.39, 0.29) is 11.7 Å². The molecule has 0 atom stereocenters. The Hall–Kier alpha value is -1.39. The van der Waals surface area contributed by atoms with Crippen molar-refractivity contribution in [1.82, 2.24) is 4.90 Å². The van der Waals surface area contributed by atoms with Crippen LogP contribution >= 0.6 is 0 Å². The van der Waals surface area contributed by atoms with Gasteiger partial charge in [-0.25, -0.2) is 4.79 Å². The van der Waals surface area contributed by atoms with Crippen LogP contribution in [-0.2, 0) is 9.53 Å². The van der Waals surface area contributed by atoms with Gasteiger partial charge >= 0.3 is 6.09 Å². The predicted molar refractivity (Wildman–Crippen MR) is 57.3 cm³/mol. The minimum absolute atomic E-state index is 0.177. The minimum Gasteiger partial charge on any atom is -0.444 e. The molecule has 0 aliphatic carbocycles. The summed E-state index contributed by atoms with van der Waals surface area (Å²) in [5, 5.41) is 5.96. The molecule has 0 unspecified atom stereocenters. The molecule has 0 aromatic heterocycles. The number of carbonyl (C=O) groups is 2. The molecule has 1 rings (SSSR count). The molecular formula is C10H18N2O3. The number of rotatable bonds is 1. The molecule has 0 aromatic carbocycles. The summed E-state index contributed by atoms with van der Waals surface area (Å²) >= 11 is 0. The van der Waals surface area contributed by atoms with Crippen molar-refractivity contribution in [3.63, 3.8) is 0 Å². The first-order valence-corrected chi connectivity index (χ1v) is 4.83. The largest absolute Gasteiger partial charge is 0.444 e. The zero-order valence-electron chi connectivity index (χ0n) is 9.45. The molecule has 0 radical (unpaired) electrons. The molecule has 86 valence electrons. The van der Waals surface area contributed by atoms with Crippen LogP contribution < -0.4 is 0 Å². The van der Waals surface area contributed by atoms with Crippen LogP contribution in [0.1, 0.15) is 27.2 Å². The number of hydrogen-bond donors (Lipinski definition) is 1. The van der Waals surface area contributed by atoms with Crippen molar-refractivity contribution in [3.8, 4) is 0 Å². The standard InChI is InChI=1S/C8H15NO2.C2H3NO/c1-8(2,3)11-7(10)9-5-4-6-9;3-1-2-4/h4-6H2,1-3H3;1-3H. The number of nitrogens with one attached hydrogen (secondary N) is 1. The van der Waals surface area contributed by atoms with Crippen LogP contribution in [0.4, 0.5) is 4.79 Å². The summed E-state index contributed by atoms with van der Waals surface area (Å²) in [4.78, 5) is 21.8. The maximum atomic E-state index is 11.1. The summed E-state index contributed by atoms with van der Waals surface area (Å²) < 4.78 is 5.13. The monoisotopic (exact) mass is 214 g/mol. The van der Waals surface area contributed by atoms with Crippen molar-refractivity contribution >= 4 is 18.6 Å². The molecule has 1 saturated heterocycles. The molecule has 5 heteroatoms. The van der Waals surface area contributed by atoms with E-state index in [1.165, 1.54) is 0 Å². The second-order valence-corrected chi connectivity index (χ2v) is 4.12. The normalized spacial score (nSPS) is 14.2. The molecule has 1 amide bonds. The van der Waals surface area contributed by atoms with Gasteiger partial charge in [-0.1, -0.05) is 0 Å². The van der Waals surface area contributed by atoms with Gasteiger partial charge in [-0.05, 0) is 27.2 Å². The van der Waals surface area contributed by atoms with E-state index in [2.05, 4.69) is 0 Å². The summed E-state index contributed by atoms with van der Waals surface area (Å²) in [6.07, 6.45) is 2.04. The number of likely N-dealkylation sites (tertiary alicyclic amines) is 1. The number of hydrogen-bond acceptors (Lipinski definition) is 4. The van der Waals surface area contributed by atoms with E-state index >= 15 is 0 Å². The number of ether oxygens (including phenoxy) is 1. The maximum absolute atomic E-state index is 11.1. The molecule has 0 saturated carbocycles. The Morgan fingerprint density at radius 1 is 1.40 bits per heavy atom. The van der Waals surface area contributed by atoms with Crippen LogP contribution in [0.15, 0.2) is 0 Å².